The second kappa shape index (κ2) is 5.82. The molecule has 17 heavy (non-hydrogen) atoms. The highest BCUT2D eigenvalue weighted by Crippen LogP contribution is 2.23. The number of aliphatic carboxylic acids is 1. The number of carbonyl (C=O) groups is 1. The van der Waals surface area contributed by atoms with E-state index in [9.17, 15) is 4.79 Å². The maximum Gasteiger partial charge on any atom is 0.307 e. The molecule has 0 heterocycles. The summed E-state index contributed by atoms with van der Waals surface area (Å²) in [6.45, 7) is 0. The molecule has 0 spiro atoms. The molecule has 0 saturated heterocycles. The number of hydrogen-bond acceptors (Lipinski definition) is 1. The van der Waals surface area contributed by atoms with Gasteiger partial charge in [-0.1, -0.05) is 54.6 Å². The van der Waals surface area contributed by atoms with Crippen LogP contribution in [0.5, 0.6) is 0 Å². The Morgan fingerprint density at radius 1 is 0.941 bits per heavy atom. The Bertz CT molecular complexity index is 492. The Kier molecular flexibility index (Phi) is 4.43. The van der Waals surface area contributed by atoms with Gasteiger partial charge in [-0.05, 0) is 16.7 Å². The molecular weight excluding hydrogens is 216 g/mol. The molecule has 0 aromatic heterocycles. The summed E-state index contributed by atoms with van der Waals surface area (Å²) in [4.78, 5) is 10.8. The third-order valence-corrected chi connectivity index (χ3v) is 2.44. The molecule has 0 radical (unpaired) electrons. The van der Waals surface area contributed by atoms with Crippen molar-refractivity contribution in [3.05, 3.63) is 60.2 Å². The lowest BCUT2D eigenvalue weighted by atomic mass is 9.98. The lowest BCUT2D eigenvalue weighted by Crippen LogP contribution is -2.01. The lowest BCUT2D eigenvalue weighted by Gasteiger charge is -2.07. The van der Waals surface area contributed by atoms with Crippen LogP contribution < -0.4 is 0 Å². The zero-order valence-electron chi connectivity index (χ0n) is 9.26. The Hall–Kier alpha value is -2.13. The van der Waals surface area contributed by atoms with E-state index in [-0.39, 0.29) is 11.9 Å². The molecule has 3 heteroatoms. The third-order valence-electron chi connectivity index (χ3n) is 2.44. The van der Waals surface area contributed by atoms with E-state index in [1.807, 2.05) is 54.6 Å². The van der Waals surface area contributed by atoms with Crippen molar-refractivity contribution in [2.24, 2.45) is 0 Å². The van der Waals surface area contributed by atoms with Gasteiger partial charge < -0.3 is 10.6 Å². The fourth-order valence-corrected chi connectivity index (χ4v) is 1.74. The van der Waals surface area contributed by atoms with E-state index < -0.39 is 5.97 Å². The molecule has 0 saturated carbocycles. The Balaban J connectivity index is 0.00000144. The van der Waals surface area contributed by atoms with Crippen molar-refractivity contribution in [3.8, 4) is 11.1 Å². The SMILES string of the molecule is O.O=C(O)Cc1ccccc1-c1ccccc1. The van der Waals surface area contributed by atoms with Crippen LogP contribution in [0.15, 0.2) is 54.6 Å². The van der Waals surface area contributed by atoms with Gasteiger partial charge in [0, 0.05) is 0 Å². The summed E-state index contributed by atoms with van der Waals surface area (Å²) < 4.78 is 0. The topological polar surface area (TPSA) is 68.8 Å². The standard InChI is InChI=1S/C14H12O2.H2O/c15-14(16)10-12-8-4-5-9-13(12)11-6-2-1-3-7-11;/h1-9H,10H2,(H,15,16);1H2. The molecule has 2 aromatic carbocycles. The number of rotatable bonds is 3. The molecule has 0 unspecified atom stereocenters. The Labute approximate surface area is 99.7 Å². The van der Waals surface area contributed by atoms with Gasteiger partial charge in [0.15, 0.2) is 0 Å². The summed E-state index contributed by atoms with van der Waals surface area (Å²) in [6.07, 6.45) is 0.0606. The van der Waals surface area contributed by atoms with Crippen molar-refractivity contribution in [2.45, 2.75) is 6.42 Å². The molecule has 3 nitrogen and oxygen atoms in total. The third kappa shape index (κ3) is 3.16. The minimum absolute atomic E-state index is 0. The largest absolute Gasteiger partial charge is 0.481 e. The first-order valence-electron chi connectivity index (χ1n) is 5.12. The molecular formula is C14H14O3. The van der Waals surface area contributed by atoms with E-state index in [1.165, 1.54) is 0 Å². The monoisotopic (exact) mass is 230 g/mol. The number of benzene rings is 2. The summed E-state index contributed by atoms with van der Waals surface area (Å²) in [5, 5.41) is 8.84. The molecule has 0 fully saturated rings. The van der Waals surface area contributed by atoms with Crippen LogP contribution in [-0.2, 0) is 11.2 Å². The smallest absolute Gasteiger partial charge is 0.307 e. The van der Waals surface area contributed by atoms with Crippen LogP contribution in [0.3, 0.4) is 0 Å². The van der Waals surface area contributed by atoms with E-state index in [4.69, 9.17) is 5.11 Å². The molecule has 0 aliphatic heterocycles. The van der Waals surface area contributed by atoms with Gasteiger partial charge in [0.2, 0.25) is 0 Å². The minimum atomic E-state index is -0.802. The van der Waals surface area contributed by atoms with Crippen LogP contribution in [0.1, 0.15) is 5.56 Å². The first-order valence-corrected chi connectivity index (χ1v) is 5.12. The van der Waals surface area contributed by atoms with Gasteiger partial charge in [0.25, 0.3) is 0 Å². The molecule has 2 aromatic rings. The highest BCUT2D eigenvalue weighted by atomic mass is 16.4. The summed E-state index contributed by atoms with van der Waals surface area (Å²) in [5.41, 5.74) is 2.89. The van der Waals surface area contributed by atoms with Crippen LogP contribution in [0.2, 0.25) is 0 Å². The van der Waals surface area contributed by atoms with Gasteiger partial charge in [-0.3, -0.25) is 4.79 Å². The maximum absolute atomic E-state index is 10.8. The van der Waals surface area contributed by atoms with Crippen LogP contribution in [0.4, 0.5) is 0 Å². The van der Waals surface area contributed by atoms with Crippen LogP contribution in [-0.4, -0.2) is 16.6 Å². The molecule has 88 valence electrons. The number of carboxylic acid groups (broad SMARTS) is 1. The van der Waals surface area contributed by atoms with Crippen molar-refractivity contribution < 1.29 is 15.4 Å². The van der Waals surface area contributed by atoms with Crippen molar-refractivity contribution in [2.75, 3.05) is 0 Å². The fourth-order valence-electron chi connectivity index (χ4n) is 1.74. The van der Waals surface area contributed by atoms with E-state index >= 15 is 0 Å². The predicted molar refractivity (Wildman–Crippen MR) is 66.8 cm³/mol. The summed E-state index contributed by atoms with van der Waals surface area (Å²) in [6, 6.07) is 17.4. The summed E-state index contributed by atoms with van der Waals surface area (Å²) in [7, 11) is 0. The first kappa shape index (κ1) is 12.9. The fraction of sp³-hybridized carbons (Fsp3) is 0.0714. The second-order valence-electron chi connectivity index (χ2n) is 3.59. The van der Waals surface area contributed by atoms with E-state index in [0.717, 1.165) is 16.7 Å². The van der Waals surface area contributed by atoms with Gasteiger partial charge in [-0.15, -0.1) is 0 Å². The molecule has 3 N–H and O–H groups in total. The minimum Gasteiger partial charge on any atom is -0.481 e. The zero-order valence-corrected chi connectivity index (χ0v) is 9.26. The van der Waals surface area contributed by atoms with E-state index in [2.05, 4.69) is 0 Å². The highest BCUT2D eigenvalue weighted by Gasteiger charge is 2.07. The molecule has 2 rings (SSSR count). The molecule has 0 bridgehead atoms. The van der Waals surface area contributed by atoms with Crippen LogP contribution >= 0.6 is 0 Å². The maximum atomic E-state index is 10.8. The quantitative estimate of drug-likeness (QED) is 0.877. The molecule has 0 atom stereocenters. The van der Waals surface area contributed by atoms with Crippen LogP contribution in [0, 0.1) is 0 Å². The lowest BCUT2D eigenvalue weighted by molar-refractivity contribution is -0.136. The first-order chi connectivity index (χ1) is 7.77. The van der Waals surface area contributed by atoms with Crippen molar-refractivity contribution in [3.63, 3.8) is 0 Å². The molecule has 0 aliphatic rings. The highest BCUT2D eigenvalue weighted by molar-refractivity contribution is 5.76. The average Bonchev–Trinajstić information content (AvgIpc) is 2.30. The van der Waals surface area contributed by atoms with E-state index in [1.54, 1.807) is 0 Å². The summed E-state index contributed by atoms with van der Waals surface area (Å²) in [5.74, 6) is -0.802. The van der Waals surface area contributed by atoms with Gasteiger partial charge in [0.1, 0.15) is 0 Å². The number of hydrogen-bond donors (Lipinski definition) is 1. The Morgan fingerprint density at radius 2 is 1.53 bits per heavy atom. The second-order valence-corrected chi connectivity index (χ2v) is 3.59. The van der Waals surface area contributed by atoms with Crippen molar-refractivity contribution in [1.29, 1.82) is 0 Å². The number of carboxylic acids is 1. The molecule has 0 amide bonds. The normalized spacial score (nSPS) is 9.41. The van der Waals surface area contributed by atoms with Gasteiger partial charge in [-0.25, -0.2) is 0 Å². The predicted octanol–water partition coefficient (Wildman–Crippen LogP) is 2.16. The Morgan fingerprint density at radius 3 is 2.18 bits per heavy atom. The van der Waals surface area contributed by atoms with E-state index in [0.29, 0.717) is 0 Å². The van der Waals surface area contributed by atoms with Crippen molar-refractivity contribution in [1.82, 2.24) is 0 Å². The van der Waals surface area contributed by atoms with Crippen LogP contribution in [0.25, 0.3) is 11.1 Å². The van der Waals surface area contributed by atoms with Gasteiger partial charge in [-0.2, -0.15) is 0 Å². The van der Waals surface area contributed by atoms with Gasteiger partial charge in [0.05, 0.1) is 6.42 Å². The zero-order chi connectivity index (χ0) is 11.4. The molecule has 0 aliphatic carbocycles. The summed E-state index contributed by atoms with van der Waals surface area (Å²) >= 11 is 0. The van der Waals surface area contributed by atoms with Gasteiger partial charge >= 0.3 is 5.97 Å². The van der Waals surface area contributed by atoms with Crippen molar-refractivity contribution >= 4 is 5.97 Å². The average molecular weight is 230 g/mol.